The molecule has 0 saturated carbocycles. The van der Waals surface area contributed by atoms with Crippen LogP contribution in [0.3, 0.4) is 0 Å². The third kappa shape index (κ3) is 1.95. The van der Waals surface area contributed by atoms with Crippen molar-refractivity contribution in [3.8, 4) is 5.75 Å². The number of allylic oxidation sites excluding steroid dienone is 4. The first-order chi connectivity index (χ1) is 11.8. The number of fused-ring (bicyclic) bond motifs is 3. The number of aromatic nitrogens is 2. The van der Waals surface area contributed by atoms with Gasteiger partial charge in [0.15, 0.2) is 0 Å². The van der Waals surface area contributed by atoms with Crippen molar-refractivity contribution in [1.29, 1.82) is 0 Å². The Hall–Kier alpha value is -2.79. The van der Waals surface area contributed by atoms with Gasteiger partial charge in [-0.15, -0.1) is 0 Å². The molecule has 4 nitrogen and oxygen atoms in total. The van der Waals surface area contributed by atoms with Crippen LogP contribution in [-0.4, -0.2) is 14.5 Å². The van der Waals surface area contributed by atoms with Crippen molar-refractivity contribution < 1.29 is 5.11 Å². The monoisotopic (exact) mass is 331 g/mol. The number of hydrogen-bond donors (Lipinski definition) is 1. The lowest BCUT2D eigenvalue weighted by Crippen LogP contribution is -2.20. The lowest BCUT2D eigenvalue weighted by molar-refractivity contribution is 0.480. The molecule has 1 aromatic carbocycles. The summed E-state index contributed by atoms with van der Waals surface area (Å²) in [5, 5.41) is 12.2. The van der Waals surface area contributed by atoms with Gasteiger partial charge >= 0.3 is 0 Å². The molecule has 116 valence electrons. The molecule has 1 aliphatic carbocycles. The largest absolute Gasteiger partial charge is 0.506 e. The van der Waals surface area contributed by atoms with Crippen molar-refractivity contribution in [3.05, 3.63) is 76.0 Å². The second kappa shape index (κ2) is 5.11. The molecule has 0 amide bonds. The number of phenols is 1. The first-order valence-corrected chi connectivity index (χ1v) is 8.56. The van der Waals surface area contributed by atoms with Gasteiger partial charge in [-0.3, -0.25) is 4.98 Å². The number of benzene rings is 1. The molecule has 0 radical (unpaired) electrons. The first-order valence-electron chi connectivity index (χ1n) is 7.79. The number of nitrogens with zero attached hydrogens (tertiary/aromatic N) is 3. The van der Waals surface area contributed by atoms with Crippen LogP contribution in [0.1, 0.15) is 5.56 Å². The highest BCUT2D eigenvalue weighted by molar-refractivity contribution is 7.03. The van der Waals surface area contributed by atoms with Crippen LogP contribution in [0.25, 0.3) is 16.5 Å². The van der Waals surface area contributed by atoms with Gasteiger partial charge in [-0.1, -0.05) is 24.3 Å². The molecular weight excluding hydrogens is 318 g/mol. The van der Waals surface area contributed by atoms with Crippen LogP contribution in [0.4, 0.5) is 0 Å². The molecule has 1 aliphatic heterocycles. The first kappa shape index (κ1) is 13.6. The van der Waals surface area contributed by atoms with Crippen LogP contribution in [0.15, 0.2) is 65.6 Å². The lowest BCUT2D eigenvalue weighted by atomic mass is 9.85. The molecule has 3 heterocycles. The Kier molecular flexibility index (Phi) is 2.90. The quantitative estimate of drug-likeness (QED) is 0.785. The molecule has 0 bridgehead atoms. The van der Waals surface area contributed by atoms with E-state index in [-0.39, 0.29) is 11.7 Å². The molecule has 1 atom stereocenters. The zero-order valence-corrected chi connectivity index (χ0v) is 13.5. The zero-order chi connectivity index (χ0) is 16.1. The maximum Gasteiger partial charge on any atom is 0.144 e. The molecule has 5 heteroatoms. The molecule has 0 saturated heterocycles. The molecule has 1 unspecified atom stereocenters. The van der Waals surface area contributed by atoms with Crippen molar-refractivity contribution in [1.82, 2.24) is 9.36 Å². The fourth-order valence-corrected chi connectivity index (χ4v) is 4.16. The van der Waals surface area contributed by atoms with E-state index in [9.17, 15) is 5.11 Å². The summed E-state index contributed by atoms with van der Waals surface area (Å²) in [7, 11) is 0. The third-order valence-corrected chi connectivity index (χ3v) is 5.28. The van der Waals surface area contributed by atoms with Crippen molar-refractivity contribution >= 4 is 28.0 Å². The highest BCUT2D eigenvalue weighted by Crippen LogP contribution is 2.34. The van der Waals surface area contributed by atoms with Crippen LogP contribution in [-0.2, 0) is 6.42 Å². The summed E-state index contributed by atoms with van der Waals surface area (Å²) in [6.45, 7) is 0. The van der Waals surface area contributed by atoms with Gasteiger partial charge in [-0.05, 0) is 47.3 Å². The zero-order valence-electron chi connectivity index (χ0n) is 12.7. The van der Waals surface area contributed by atoms with Crippen molar-refractivity contribution in [2.24, 2.45) is 10.9 Å². The molecule has 2 aliphatic rings. The van der Waals surface area contributed by atoms with Crippen molar-refractivity contribution in [3.63, 3.8) is 0 Å². The van der Waals surface area contributed by atoms with Gasteiger partial charge in [0.2, 0.25) is 0 Å². The lowest BCUT2D eigenvalue weighted by Gasteiger charge is -2.19. The molecule has 2 aromatic heterocycles. The van der Waals surface area contributed by atoms with Gasteiger partial charge in [-0.25, -0.2) is 4.99 Å². The van der Waals surface area contributed by atoms with E-state index in [2.05, 4.69) is 32.6 Å². The topological polar surface area (TPSA) is 58.4 Å². The standard InChI is InChI=1S/C19H13N3OS/c23-16-7-6-11(13-4-2-8-20-18(13)16)9-12-3-1-5-15-17(12)14-10-21-24-19(14)22-15/h1-8,10,12,23H,9H2. The third-order valence-electron chi connectivity index (χ3n) is 4.59. The maximum atomic E-state index is 10.0. The van der Waals surface area contributed by atoms with Crippen LogP contribution >= 0.6 is 11.5 Å². The Morgan fingerprint density at radius 1 is 1.21 bits per heavy atom. The summed E-state index contributed by atoms with van der Waals surface area (Å²) < 4.78 is 5.27. The summed E-state index contributed by atoms with van der Waals surface area (Å²) in [5.41, 5.74) is 4.14. The van der Waals surface area contributed by atoms with Crippen LogP contribution in [0, 0.1) is 5.92 Å². The minimum atomic E-state index is 0.224. The number of rotatable bonds is 2. The molecule has 3 aromatic rings. The number of phenolic OH excluding ortho intramolecular Hbond substituents is 1. The van der Waals surface area contributed by atoms with E-state index in [1.54, 1.807) is 12.3 Å². The van der Waals surface area contributed by atoms with Crippen molar-refractivity contribution in [2.75, 3.05) is 0 Å². The SMILES string of the molecule is Oc1ccc(CC2C=CC=C3N=c4sncc4=C32)c2cccnc12. The number of hydrogen-bond acceptors (Lipinski definition) is 5. The Morgan fingerprint density at radius 2 is 2.17 bits per heavy atom. The van der Waals surface area contributed by atoms with Crippen LogP contribution < -0.4 is 9.89 Å². The fourth-order valence-electron chi connectivity index (χ4n) is 3.50. The maximum absolute atomic E-state index is 10.0. The van der Waals surface area contributed by atoms with E-state index < -0.39 is 0 Å². The number of aromatic hydroxyl groups is 1. The second-order valence-electron chi connectivity index (χ2n) is 5.96. The molecule has 0 spiro atoms. The summed E-state index contributed by atoms with van der Waals surface area (Å²) in [4.78, 5) is 8.99. The van der Waals surface area contributed by atoms with Crippen LogP contribution in [0.5, 0.6) is 5.75 Å². The normalized spacial score (nSPS) is 18.2. The predicted octanol–water partition coefficient (Wildman–Crippen LogP) is 2.49. The fraction of sp³-hybridized carbons (Fsp3) is 0.105. The molecule has 1 N–H and O–H groups in total. The second-order valence-corrected chi connectivity index (χ2v) is 6.74. The van der Waals surface area contributed by atoms with E-state index >= 15 is 0 Å². The molecular formula is C19H13N3OS. The Morgan fingerprint density at radius 3 is 3.12 bits per heavy atom. The predicted molar refractivity (Wildman–Crippen MR) is 94.1 cm³/mol. The van der Waals surface area contributed by atoms with E-state index in [0.29, 0.717) is 5.52 Å². The van der Waals surface area contributed by atoms with Crippen LogP contribution in [0.2, 0.25) is 0 Å². The van der Waals surface area contributed by atoms with E-state index in [1.807, 2.05) is 24.4 Å². The van der Waals surface area contributed by atoms with E-state index in [4.69, 9.17) is 0 Å². The highest BCUT2D eigenvalue weighted by Gasteiger charge is 2.24. The molecule has 0 fully saturated rings. The van der Waals surface area contributed by atoms with Gasteiger partial charge in [0.05, 0.1) is 11.9 Å². The minimum absolute atomic E-state index is 0.224. The Bertz CT molecular complexity index is 1160. The summed E-state index contributed by atoms with van der Waals surface area (Å²) in [6.07, 6.45) is 10.8. The van der Waals surface area contributed by atoms with Gasteiger partial charge in [-0.2, -0.15) is 4.37 Å². The Labute approximate surface area is 142 Å². The summed E-state index contributed by atoms with van der Waals surface area (Å²) in [6, 6.07) is 7.65. The van der Waals surface area contributed by atoms with Gasteiger partial charge in [0, 0.05) is 22.7 Å². The molecule has 5 rings (SSSR count). The van der Waals surface area contributed by atoms with Gasteiger partial charge in [0.25, 0.3) is 0 Å². The van der Waals surface area contributed by atoms with Gasteiger partial charge in [0.1, 0.15) is 15.9 Å². The minimum Gasteiger partial charge on any atom is -0.506 e. The average Bonchev–Trinajstić information content (AvgIpc) is 3.19. The van der Waals surface area contributed by atoms with E-state index in [1.165, 1.54) is 22.7 Å². The smallest absolute Gasteiger partial charge is 0.144 e. The van der Waals surface area contributed by atoms with Gasteiger partial charge < -0.3 is 5.11 Å². The summed E-state index contributed by atoms with van der Waals surface area (Å²) in [5.74, 6) is 0.473. The van der Waals surface area contributed by atoms with Crippen molar-refractivity contribution in [2.45, 2.75) is 6.42 Å². The average molecular weight is 331 g/mol. The number of pyridine rings is 1. The molecule has 24 heavy (non-hydrogen) atoms. The highest BCUT2D eigenvalue weighted by atomic mass is 32.1. The summed E-state index contributed by atoms with van der Waals surface area (Å²) >= 11 is 1.44. The van der Waals surface area contributed by atoms with E-state index in [0.717, 1.165) is 27.4 Å². The Balaban J connectivity index is 1.64.